The van der Waals surface area contributed by atoms with Crippen LogP contribution in [0.15, 0.2) is 23.1 Å². The summed E-state index contributed by atoms with van der Waals surface area (Å²) < 4.78 is 6.08. The third kappa shape index (κ3) is 2.01. The molecule has 0 atom stereocenters. The lowest BCUT2D eigenvalue weighted by Gasteiger charge is -2.42. The highest BCUT2D eigenvalue weighted by atomic mass is 32.2. The summed E-state index contributed by atoms with van der Waals surface area (Å²) in [7, 11) is 0. The molecular weight excluding hydrogens is 206 g/mol. The molecule has 1 fully saturated rings. The predicted molar refractivity (Wildman–Crippen MR) is 66.1 cm³/mol. The van der Waals surface area contributed by atoms with Gasteiger partial charge >= 0.3 is 0 Å². The van der Waals surface area contributed by atoms with Crippen LogP contribution in [0.5, 0.6) is 0 Å². The van der Waals surface area contributed by atoms with Crippen LogP contribution >= 0.6 is 11.8 Å². The number of rotatable bonds is 2. The number of nitrogens with one attached hydrogen (secondary N) is 1. The first kappa shape index (κ1) is 11.2. The van der Waals surface area contributed by atoms with Crippen LogP contribution in [-0.2, 0) is 4.74 Å². The molecule has 2 aliphatic heterocycles. The topological polar surface area (TPSA) is 21.3 Å². The van der Waals surface area contributed by atoms with Crippen molar-refractivity contribution in [2.45, 2.75) is 24.9 Å². The van der Waals surface area contributed by atoms with Crippen molar-refractivity contribution in [1.82, 2.24) is 5.32 Å². The molecule has 2 heterocycles. The predicted octanol–water partition coefficient (Wildman–Crippen LogP) is 2.33. The van der Waals surface area contributed by atoms with Gasteiger partial charge in [0.25, 0.3) is 0 Å². The third-order valence-electron chi connectivity index (χ3n) is 3.32. The van der Waals surface area contributed by atoms with E-state index in [1.807, 2.05) is 17.8 Å². The van der Waals surface area contributed by atoms with Gasteiger partial charge in [-0.3, -0.25) is 0 Å². The average molecular weight is 225 g/mol. The summed E-state index contributed by atoms with van der Waals surface area (Å²) in [6.45, 7) is 6.90. The SMILES string of the molecule is C=CC1=C(SC)C2(CCNCC2)OCC1. The van der Waals surface area contributed by atoms with Crippen molar-refractivity contribution in [3.05, 3.63) is 23.1 Å². The zero-order valence-electron chi connectivity index (χ0n) is 9.34. The fraction of sp³-hybridized carbons (Fsp3) is 0.667. The molecule has 15 heavy (non-hydrogen) atoms. The highest BCUT2D eigenvalue weighted by molar-refractivity contribution is 8.02. The fourth-order valence-electron chi connectivity index (χ4n) is 2.54. The number of thioether (sulfide) groups is 1. The van der Waals surface area contributed by atoms with Crippen molar-refractivity contribution in [1.29, 1.82) is 0 Å². The van der Waals surface area contributed by atoms with Crippen LogP contribution in [0.4, 0.5) is 0 Å². The van der Waals surface area contributed by atoms with Gasteiger partial charge in [0.15, 0.2) is 0 Å². The minimum absolute atomic E-state index is 0.00639. The molecule has 0 radical (unpaired) electrons. The molecule has 0 amide bonds. The van der Waals surface area contributed by atoms with E-state index < -0.39 is 0 Å². The van der Waals surface area contributed by atoms with Gasteiger partial charge in [-0.1, -0.05) is 12.7 Å². The van der Waals surface area contributed by atoms with Gasteiger partial charge in [-0.2, -0.15) is 0 Å². The summed E-state index contributed by atoms with van der Waals surface area (Å²) in [5.74, 6) is 0. The number of ether oxygens (including phenoxy) is 1. The molecule has 2 nitrogen and oxygen atoms in total. The quantitative estimate of drug-likeness (QED) is 0.779. The van der Waals surface area contributed by atoms with Gasteiger partial charge in [-0.05, 0) is 44.2 Å². The smallest absolute Gasteiger partial charge is 0.102 e. The molecule has 84 valence electrons. The Morgan fingerprint density at radius 2 is 2.20 bits per heavy atom. The van der Waals surface area contributed by atoms with E-state index >= 15 is 0 Å². The molecule has 0 unspecified atom stereocenters. The molecule has 0 aromatic rings. The summed E-state index contributed by atoms with van der Waals surface area (Å²) in [5.41, 5.74) is 1.41. The second-order valence-electron chi connectivity index (χ2n) is 4.11. The van der Waals surface area contributed by atoms with Gasteiger partial charge < -0.3 is 10.1 Å². The Morgan fingerprint density at radius 3 is 2.80 bits per heavy atom. The second-order valence-corrected chi connectivity index (χ2v) is 4.92. The Bertz CT molecular complexity index is 279. The van der Waals surface area contributed by atoms with E-state index in [9.17, 15) is 0 Å². The molecule has 1 N–H and O–H groups in total. The van der Waals surface area contributed by atoms with E-state index in [1.165, 1.54) is 10.5 Å². The molecule has 1 spiro atoms. The minimum Gasteiger partial charge on any atom is -0.369 e. The molecule has 1 saturated heterocycles. The Hall–Kier alpha value is -0.250. The molecule has 0 bridgehead atoms. The van der Waals surface area contributed by atoms with Gasteiger partial charge in [0.05, 0.1) is 6.61 Å². The van der Waals surface area contributed by atoms with Gasteiger partial charge in [-0.15, -0.1) is 11.8 Å². The molecule has 2 aliphatic rings. The van der Waals surface area contributed by atoms with Crippen LogP contribution in [0.3, 0.4) is 0 Å². The van der Waals surface area contributed by atoms with Crippen molar-refractivity contribution in [2.24, 2.45) is 0 Å². The monoisotopic (exact) mass is 225 g/mol. The van der Waals surface area contributed by atoms with Crippen LogP contribution < -0.4 is 5.32 Å². The maximum Gasteiger partial charge on any atom is 0.102 e. The van der Waals surface area contributed by atoms with Crippen LogP contribution in [0.1, 0.15) is 19.3 Å². The number of hydrogen-bond acceptors (Lipinski definition) is 3. The van der Waals surface area contributed by atoms with Crippen molar-refractivity contribution < 1.29 is 4.74 Å². The van der Waals surface area contributed by atoms with Crippen LogP contribution in [0.2, 0.25) is 0 Å². The molecule has 0 saturated carbocycles. The summed E-state index contributed by atoms with van der Waals surface area (Å²) in [6, 6.07) is 0. The van der Waals surface area contributed by atoms with E-state index in [4.69, 9.17) is 4.74 Å². The van der Waals surface area contributed by atoms with Crippen molar-refractivity contribution >= 4 is 11.8 Å². The van der Waals surface area contributed by atoms with E-state index in [1.54, 1.807) is 0 Å². The fourth-order valence-corrected chi connectivity index (χ4v) is 3.62. The van der Waals surface area contributed by atoms with Crippen LogP contribution in [-0.4, -0.2) is 31.6 Å². The lowest BCUT2D eigenvalue weighted by molar-refractivity contribution is -0.0388. The zero-order chi connectivity index (χ0) is 10.7. The van der Waals surface area contributed by atoms with E-state index in [2.05, 4.69) is 18.2 Å². The maximum atomic E-state index is 6.08. The highest BCUT2D eigenvalue weighted by Crippen LogP contribution is 2.42. The van der Waals surface area contributed by atoms with E-state index in [-0.39, 0.29) is 5.60 Å². The number of hydrogen-bond donors (Lipinski definition) is 1. The largest absolute Gasteiger partial charge is 0.369 e. The average Bonchev–Trinajstić information content (AvgIpc) is 2.29. The molecule has 2 rings (SSSR count). The Kier molecular flexibility index (Phi) is 3.54. The lowest BCUT2D eigenvalue weighted by Crippen LogP contribution is -2.47. The molecule has 0 aliphatic carbocycles. The van der Waals surface area contributed by atoms with E-state index in [0.717, 1.165) is 39.0 Å². The summed E-state index contributed by atoms with van der Waals surface area (Å²) >= 11 is 1.84. The Morgan fingerprint density at radius 1 is 1.47 bits per heavy atom. The summed E-state index contributed by atoms with van der Waals surface area (Å²) in [4.78, 5) is 1.42. The molecule has 0 aromatic heterocycles. The molecular formula is C12H19NOS. The van der Waals surface area contributed by atoms with Gasteiger partial charge in [0.2, 0.25) is 0 Å². The van der Waals surface area contributed by atoms with Crippen molar-refractivity contribution in [2.75, 3.05) is 26.0 Å². The maximum absolute atomic E-state index is 6.08. The first-order valence-electron chi connectivity index (χ1n) is 5.57. The van der Waals surface area contributed by atoms with Crippen LogP contribution in [0, 0.1) is 0 Å². The third-order valence-corrected chi connectivity index (χ3v) is 4.36. The lowest BCUT2D eigenvalue weighted by atomic mass is 9.87. The normalized spacial score (nSPS) is 25.7. The highest BCUT2D eigenvalue weighted by Gasteiger charge is 2.39. The first-order chi connectivity index (χ1) is 7.32. The number of piperidine rings is 1. The van der Waals surface area contributed by atoms with Gasteiger partial charge in [0.1, 0.15) is 5.60 Å². The van der Waals surface area contributed by atoms with Gasteiger partial charge in [-0.25, -0.2) is 0 Å². The van der Waals surface area contributed by atoms with Crippen molar-refractivity contribution in [3.63, 3.8) is 0 Å². The second kappa shape index (κ2) is 4.73. The molecule has 3 heteroatoms. The summed E-state index contributed by atoms with van der Waals surface area (Å²) in [6.07, 6.45) is 7.38. The Balaban J connectivity index is 2.32. The number of allylic oxidation sites excluding steroid dienone is 1. The first-order valence-corrected chi connectivity index (χ1v) is 6.79. The Labute approximate surface area is 96.1 Å². The van der Waals surface area contributed by atoms with Gasteiger partial charge in [0, 0.05) is 4.91 Å². The van der Waals surface area contributed by atoms with Crippen molar-refractivity contribution in [3.8, 4) is 0 Å². The summed E-state index contributed by atoms with van der Waals surface area (Å²) in [5, 5.41) is 3.40. The minimum atomic E-state index is 0.00639. The molecule has 0 aromatic carbocycles. The van der Waals surface area contributed by atoms with E-state index in [0.29, 0.717) is 0 Å². The van der Waals surface area contributed by atoms with Crippen LogP contribution in [0.25, 0.3) is 0 Å². The zero-order valence-corrected chi connectivity index (χ0v) is 10.2. The standard InChI is InChI=1S/C12H19NOS/c1-3-10-4-9-14-12(11(10)15-2)5-7-13-8-6-12/h3,13H,1,4-9H2,2H3.